The number of amides is 1. The van der Waals surface area contributed by atoms with Crippen LogP contribution in [-0.4, -0.2) is 41.1 Å². The molecule has 1 atom stereocenters. The highest BCUT2D eigenvalue weighted by molar-refractivity contribution is 7.99. The van der Waals surface area contributed by atoms with Crippen molar-refractivity contribution in [3.8, 4) is 28.6 Å². The van der Waals surface area contributed by atoms with Gasteiger partial charge in [-0.3, -0.25) is 9.69 Å². The molecule has 0 saturated carbocycles. The number of hydrogen-bond acceptors (Lipinski definition) is 8. The monoisotopic (exact) mass is 450 g/mol. The number of rotatable bonds is 6. The van der Waals surface area contributed by atoms with E-state index in [2.05, 4.69) is 21.8 Å². The number of carbonyl (C=O) groups is 1. The number of ether oxygens (including phenoxy) is 3. The molecule has 1 aliphatic rings. The molecule has 0 radical (unpaired) electrons. The first kappa shape index (κ1) is 21.6. The van der Waals surface area contributed by atoms with Crippen molar-refractivity contribution in [2.75, 3.05) is 24.9 Å². The van der Waals surface area contributed by atoms with Crippen LogP contribution in [0.4, 0.5) is 5.69 Å². The lowest BCUT2D eigenvalue weighted by atomic mass is 10.1. The highest BCUT2D eigenvalue weighted by atomic mass is 32.2. The second-order valence-corrected chi connectivity index (χ2v) is 7.82. The van der Waals surface area contributed by atoms with Crippen LogP contribution < -0.4 is 19.1 Å². The van der Waals surface area contributed by atoms with Crippen molar-refractivity contribution >= 4 is 23.4 Å². The summed E-state index contributed by atoms with van der Waals surface area (Å²) in [6, 6.07) is 12.8. The van der Waals surface area contributed by atoms with Gasteiger partial charge in [-0.05, 0) is 18.2 Å². The topological polar surface area (TPSA) is 86.7 Å². The Balaban J connectivity index is 1.93. The standard InChI is InChI=1S/C23H22N4O4S/c1-5-12-32-23-24-21-20(25-26-23)16-8-6-7-9-18(16)27(14(2)28)22(31-21)17-11-10-15(29-3)13-19(17)30-4/h5-11,13,22H,1,12H2,2-4H3/t22-/m1/s1. The van der Waals surface area contributed by atoms with E-state index < -0.39 is 6.23 Å². The van der Waals surface area contributed by atoms with E-state index in [1.807, 2.05) is 30.3 Å². The summed E-state index contributed by atoms with van der Waals surface area (Å²) in [5.41, 5.74) is 2.45. The Morgan fingerprint density at radius 1 is 1.22 bits per heavy atom. The molecule has 3 aromatic rings. The zero-order chi connectivity index (χ0) is 22.7. The summed E-state index contributed by atoms with van der Waals surface area (Å²) >= 11 is 1.39. The maximum atomic E-state index is 12.9. The number of fused-ring (bicyclic) bond motifs is 3. The SMILES string of the molecule is C=CCSc1nnc2c(n1)O[C@H](c1ccc(OC)cc1OC)N(C(C)=O)c1ccccc1-2. The van der Waals surface area contributed by atoms with Gasteiger partial charge in [-0.15, -0.1) is 16.8 Å². The molecule has 2 heterocycles. The third-order valence-electron chi connectivity index (χ3n) is 4.89. The molecular weight excluding hydrogens is 428 g/mol. The first-order valence-corrected chi connectivity index (χ1v) is 10.8. The lowest BCUT2D eigenvalue weighted by Gasteiger charge is -2.30. The minimum atomic E-state index is -0.843. The quantitative estimate of drug-likeness (QED) is 0.406. The summed E-state index contributed by atoms with van der Waals surface area (Å²) in [5.74, 6) is 1.85. The molecule has 1 aromatic heterocycles. The zero-order valence-corrected chi connectivity index (χ0v) is 18.8. The van der Waals surface area contributed by atoms with Crippen LogP contribution in [0, 0.1) is 0 Å². The van der Waals surface area contributed by atoms with Crippen molar-refractivity contribution < 1.29 is 19.0 Å². The minimum Gasteiger partial charge on any atom is -0.497 e. The van der Waals surface area contributed by atoms with Gasteiger partial charge in [0.15, 0.2) is 5.69 Å². The molecule has 1 amide bonds. The average Bonchev–Trinajstić information content (AvgIpc) is 2.96. The van der Waals surface area contributed by atoms with Crippen molar-refractivity contribution in [3.05, 3.63) is 60.7 Å². The molecule has 0 N–H and O–H groups in total. The van der Waals surface area contributed by atoms with E-state index in [0.717, 1.165) is 0 Å². The van der Waals surface area contributed by atoms with Crippen LogP contribution in [0.15, 0.2) is 60.3 Å². The van der Waals surface area contributed by atoms with E-state index >= 15 is 0 Å². The molecule has 8 nitrogen and oxygen atoms in total. The van der Waals surface area contributed by atoms with Gasteiger partial charge >= 0.3 is 0 Å². The highest BCUT2D eigenvalue weighted by Crippen LogP contribution is 2.45. The summed E-state index contributed by atoms with van der Waals surface area (Å²) in [6.45, 7) is 5.22. The van der Waals surface area contributed by atoms with Gasteiger partial charge < -0.3 is 14.2 Å². The van der Waals surface area contributed by atoms with E-state index in [0.29, 0.717) is 44.9 Å². The van der Waals surface area contributed by atoms with Crippen molar-refractivity contribution in [1.29, 1.82) is 0 Å². The van der Waals surface area contributed by atoms with Crippen LogP contribution in [0.2, 0.25) is 0 Å². The first-order valence-electron chi connectivity index (χ1n) is 9.83. The molecule has 2 aromatic carbocycles. The van der Waals surface area contributed by atoms with Crippen molar-refractivity contribution in [2.45, 2.75) is 18.3 Å². The Kier molecular flexibility index (Phi) is 6.27. The number of anilines is 1. The second kappa shape index (κ2) is 9.27. The third-order valence-corrected chi connectivity index (χ3v) is 5.72. The Labute approximate surface area is 190 Å². The number of nitrogens with zero attached hydrogens (tertiary/aromatic N) is 4. The number of methoxy groups -OCH3 is 2. The van der Waals surface area contributed by atoms with E-state index in [1.54, 1.807) is 37.3 Å². The minimum absolute atomic E-state index is 0.206. The van der Waals surface area contributed by atoms with E-state index in [-0.39, 0.29) is 11.8 Å². The fourth-order valence-corrected chi connectivity index (χ4v) is 3.99. The maximum Gasteiger partial charge on any atom is 0.247 e. The van der Waals surface area contributed by atoms with E-state index in [9.17, 15) is 4.79 Å². The van der Waals surface area contributed by atoms with Crippen LogP contribution in [-0.2, 0) is 4.79 Å². The summed E-state index contributed by atoms with van der Waals surface area (Å²) in [5, 5.41) is 9.06. The summed E-state index contributed by atoms with van der Waals surface area (Å²) in [4.78, 5) is 19.0. The molecule has 0 aliphatic carbocycles. The average molecular weight is 451 g/mol. The fraction of sp³-hybridized carbons (Fsp3) is 0.217. The maximum absolute atomic E-state index is 12.9. The lowest BCUT2D eigenvalue weighted by Crippen LogP contribution is -2.36. The zero-order valence-electron chi connectivity index (χ0n) is 17.9. The molecule has 1 aliphatic heterocycles. The number of aromatic nitrogens is 3. The smallest absolute Gasteiger partial charge is 0.247 e. The molecule has 0 saturated heterocycles. The highest BCUT2D eigenvalue weighted by Gasteiger charge is 2.36. The number of thioether (sulfide) groups is 1. The molecular formula is C23H22N4O4S. The molecule has 32 heavy (non-hydrogen) atoms. The van der Waals surface area contributed by atoms with Crippen LogP contribution in [0.1, 0.15) is 18.7 Å². The fourth-order valence-electron chi connectivity index (χ4n) is 3.47. The Hall–Kier alpha value is -3.59. The molecule has 0 fully saturated rings. The number of para-hydroxylation sites is 1. The number of carbonyl (C=O) groups excluding carboxylic acids is 1. The van der Waals surface area contributed by atoms with Gasteiger partial charge in [-0.1, -0.05) is 36.0 Å². The van der Waals surface area contributed by atoms with Crippen molar-refractivity contribution in [2.24, 2.45) is 0 Å². The normalized spacial score (nSPS) is 14.5. The number of benzene rings is 2. The summed E-state index contributed by atoms with van der Waals surface area (Å²) < 4.78 is 17.3. The molecule has 164 valence electrons. The van der Waals surface area contributed by atoms with Crippen LogP contribution in [0.5, 0.6) is 17.4 Å². The van der Waals surface area contributed by atoms with Crippen LogP contribution in [0.3, 0.4) is 0 Å². The van der Waals surface area contributed by atoms with Gasteiger partial charge in [0.1, 0.15) is 11.5 Å². The third kappa shape index (κ3) is 3.99. The van der Waals surface area contributed by atoms with E-state index in [4.69, 9.17) is 14.2 Å². The van der Waals surface area contributed by atoms with Crippen LogP contribution >= 0.6 is 11.8 Å². The van der Waals surface area contributed by atoms with Crippen molar-refractivity contribution in [1.82, 2.24) is 15.2 Å². The summed E-state index contributed by atoms with van der Waals surface area (Å²) in [7, 11) is 3.14. The second-order valence-electron chi connectivity index (χ2n) is 6.83. The van der Waals surface area contributed by atoms with Gasteiger partial charge in [-0.2, -0.15) is 4.98 Å². The molecule has 0 bridgehead atoms. The van der Waals surface area contributed by atoms with Gasteiger partial charge in [0.25, 0.3) is 0 Å². The largest absolute Gasteiger partial charge is 0.497 e. The van der Waals surface area contributed by atoms with Gasteiger partial charge in [0.05, 0.1) is 25.5 Å². The molecule has 9 heteroatoms. The van der Waals surface area contributed by atoms with Gasteiger partial charge in [-0.25, -0.2) is 0 Å². The van der Waals surface area contributed by atoms with Crippen molar-refractivity contribution in [3.63, 3.8) is 0 Å². The lowest BCUT2D eigenvalue weighted by molar-refractivity contribution is -0.118. The Morgan fingerprint density at radius 3 is 2.75 bits per heavy atom. The Morgan fingerprint density at radius 2 is 2.03 bits per heavy atom. The predicted molar refractivity (Wildman–Crippen MR) is 122 cm³/mol. The van der Waals surface area contributed by atoms with Crippen LogP contribution in [0.25, 0.3) is 11.3 Å². The Bertz CT molecular complexity index is 1170. The van der Waals surface area contributed by atoms with Gasteiger partial charge in [0, 0.05) is 24.3 Å². The van der Waals surface area contributed by atoms with Gasteiger partial charge in [0.2, 0.25) is 23.2 Å². The predicted octanol–water partition coefficient (Wildman–Crippen LogP) is 4.28. The molecule has 0 unspecified atom stereocenters. The first-order chi connectivity index (χ1) is 15.6. The summed E-state index contributed by atoms with van der Waals surface area (Å²) in [6.07, 6.45) is 0.919. The molecule has 0 spiro atoms. The number of hydrogen-bond donors (Lipinski definition) is 0. The van der Waals surface area contributed by atoms with E-state index in [1.165, 1.54) is 18.7 Å². The molecule has 4 rings (SSSR count).